The first-order valence-electron chi connectivity index (χ1n) is 8.02. The van der Waals surface area contributed by atoms with Crippen molar-refractivity contribution < 1.29 is 0 Å². The molecule has 6 N–H and O–H groups in total. The van der Waals surface area contributed by atoms with Crippen LogP contribution in [0.25, 0.3) is 11.4 Å². The second-order valence-corrected chi connectivity index (χ2v) is 5.46. The molecule has 0 amide bonds. The summed E-state index contributed by atoms with van der Waals surface area (Å²) in [6.45, 7) is 1.30. The van der Waals surface area contributed by atoms with Crippen molar-refractivity contribution in [3.05, 3.63) is 54.4 Å². The minimum absolute atomic E-state index is 0.568. The lowest BCUT2D eigenvalue weighted by molar-refractivity contribution is 0.525. The van der Waals surface area contributed by atoms with Gasteiger partial charge in [0.15, 0.2) is 0 Å². The van der Waals surface area contributed by atoms with Gasteiger partial charge in [0.1, 0.15) is 5.82 Å². The van der Waals surface area contributed by atoms with Crippen LogP contribution in [0.5, 0.6) is 0 Å². The van der Waals surface area contributed by atoms with Crippen molar-refractivity contribution in [1.29, 1.82) is 0 Å². The fraction of sp³-hybridized carbons (Fsp3) is 0.250. The van der Waals surface area contributed by atoms with Crippen molar-refractivity contribution in [3.63, 3.8) is 0 Å². The molecule has 0 radical (unpaired) electrons. The van der Waals surface area contributed by atoms with Gasteiger partial charge in [0, 0.05) is 54.4 Å². The molecular formula is C16H21N9. The maximum absolute atomic E-state index is 5.69. The first kappa shape index (κ1) is 16.7. The molecule has 0 aliphatic rings. The predicted molar refractivity (Wildman–Crippen MR) is 95.3 cm³/mol. The zero-order valence-electron chi connectivity index (χ0n) is 13.7. The van der Waals surface area contributed by atoms with E-state index in [1.165, 1.54) is 0 Å². The van der Waals surface area contributed by atoms with E-state index in [9.17, 15) is 0 Å². The molecule has 25 heavy (non-hydrogen) atoms. The van der Waals surface area contributed by atoms with Crippen LogP contribution in [0.4, 0.5) is 5.69 Å². The minimum Gasteiger partial charge on any atom is -0.399 e. The summed E-state index contributed by atoms with van der Waals surface area (Å²) in [6, 6.07) is 7.60. The van der Waals surface area contributed by atoms with Crippen LogP contribution in [0.1, 0.15) is 11.4 Å². The molecule has 9 heteroatoms. The Labute approximate surface area is 145 Å². The molecule has 0 aliphatic carbocycles. The normalized spacial score (nSPS) is 11.2. The van der Waals surface area contributed by atoms with Gasteiger partial charge in [-0.05, 0) is 24.3 Å². The van der Waals surface area contributed by atoms with E-state index < -0.39 is 0 Å². The number of nitrogen functional groups attached to an aromatic ring is 1. The van der Waals surface area contributed by atoms with Crippen molar-refractivity contribution >= 4 is 5.69 Å². The monoisotopic (exact) mass is 339 g/mol. The van der Waals surface area contributed by atoms with Gasteiger partial charge >= 0.3 is 0 Å². The van der Waals surface area contributed by atoms with Crippen LogP contribution in [0.2, 0.25) is 0 Å². The van der Waals surface area contributed by atoms with Crippen molar-refractivity contribution in [2.75, 3.05) is 18.8 Å². The number of aromatic nitrogens is 4. The third kappa shape index (κ3) is 5.15. The zero-order chi connectivity index (χ0) is 17.3. The van der Waals surface area contributed by atoms with Crippen LogP contribution < -0.4 is 16.7 Å². The average Bonchev–Trinajstić information content (AvgIpc) is 3.30. The lowest BCUT2D eigenvalue weighted by Gasteiger charge is -2.00. The van der Waals surface area contributed by atoms with Gasteiger partial charge in [0.05, 0.1) is 12.9 Å². The van der Waals surface area contributed by atoms with Gasteiger partial charge in [0.2, 0.25) is 0 Å². The van der Waals surface area contributed by atoms with Crippen LogP contribution in [0, 0.1) is 0 Å². The number of nitrogens with two attached hydrogens (primary N) is 1. The Balaban J connectivity index is 1.34. The van der Waals surface area contributed by atoms with E-state index in [1.54, 1.807) is 12.5 Å². The molecule has 2 aromatic heterocycles. The quantitative estimate of drug-likeness (QED) is 0.175. The lowest BCUT2D eigenvalue weighted by Crippen LogP contribution is -2.28. The highest BCUT2D eigenvalue weighted by Gasteiger charge is 2.03. The number of benzene rings is 1. The Kier molecular flexibility index (Phi) is 5.73. The van der Waals surface area contributed by atoms with E-state index in [2.05, 4.69) is 41.2 Å². The number of rotatable bonds is 9. The van der Waals surface area contributed by atoms with Crippen LogP contribution in [-0.4, -0.2) is 33.0 Å². The molecule has 0 fully saturated rings. The Morgan fingerprint density at radius 2 is 1.96 bits per heavy atom. The van der Waals surface area contributed by atoms with Gasteiger partial charge < -0.3 is 15.7 Å². The van der Waals surface area contributed by atoms with Crippen molar-refractivity contribution in [2.45, 2.75) is 12.8 Å². The van der Waals surface area contributed by atoms with Gasteiger partial charge in [-0.1, -0.05) is 5.22 Å². The summed E-state index contributed by atoms with van der Waals surface area (Å²) in [5.74, 6) is 0.825. The highest BCUT2D eigenvalue weighted by Crippen LogP contribution is 2.17. The molecule has 130 valence electrons. The predicted octanol–water partition coefficient (Wildman–Crippen LogP) is 1.63. The van der Waals surface area contributed by atoms with E-state index in [0.29, 0.717) is 6.54 Å². The van der Waals surface area contributed by atoms with Crippen LogP contribution in [-0.2, 0) is 12.8 Å². The Hall–Kier alpha value is -3.20. The number of H-pyrrole nitrogens is 2. The first-order valence-corrected chi connectivity index (χ1v) is 8.02. The van der Waals surface area contributed by atoms with Crippen LogP contribution in [0.3, 0.4) is 0 Å². The van der Waals surface area contributed by atoms with E-state index in [1.807, 2.05) is 30.5 Å². The smallest absolute Gasteiger partial charge is 0.137 e. The third-order valence-corrected chi connectivity index (χ3v) is 3.57. The topological polar surface area (TPSA) is 132 Å². The zero-order valence-corrected chi connectivity index (χ0v) is 13.7. The SMILES string of the molecule is Nc1ccc(-c2ncc(CCN=NNNCCc3cnc[nH]3)[nH]2)cc1. The number of aromatic amines is 2. The van der Waals surface area contributed by atoms with Crippen LogP contribution >= 0.6 is 0 Å². The first-order chi connectivity index (χ1) is 12.3. The molecular weight excluding hydrogens is 318 g/mol. The summed E-state index contributed by atoms with van der Waals surface area (Å²) >= 11 is 0. The molecule has 0 saturated heterocycles. The summed E-state index contributed by atoms with van der Waals surface area (Å²) in [5.41, 5.74) is 15.2. The lowest BCUT2D eigenvalue weighted by atomic mass is 10.2. The number of imidazole rings is 2. The molecule has 0 aliphatic heterocycles. The average molecular weight is 339 g/mol. The standard InChI is InChI=1S/C16H21N9/c17-13-3-1-12(2-4-13)16-19-10-15(23-16)6-8-22-25-24-21-7-5-14-9-18-11-20-14/h1-4,9-11H,5-8,17H2,(H,18,20)(H,19,23)(H,21,25)(H,22,24). The fourth-order valence-electron chi connectivity index (χ4n) is 2.24. The molecule has 3 rings (SSSR count). The van der Waals surface area contributed by atoms with Gasteiger partial charge in [-0.15, -0.1) is 0 Å². The molecule has 0 saturated carbocycles. The number of nitrogens with one attached hydrogen (secondary N) is 4. The number of hydrogen-bond donors (Lipinski definition) is 5. The highest BCUT2D eigenvalue weighted by molar-refractivity contribution is 5.58. The summed E-state index contributed by atoms with van der Waals surface area (Å²) in [5, 5.41) is 7.93. The van der Waals surface area contributed by atoms with Crippen LogP contribution in [0.15, 0.2) is 53.3 Å². The fourth-order valence-corrected chi connectivity index (χ4v) is 2.24. The Bertz CT molecular complexity index is 774. The minimum atomic E-state index is 0.568. The van der Waals surface area contributed by atoms with Gasteiger partial charge in [0.25, 0.3) is 0 Å². The molecule has 1 aromatic carbocycles. The highest BCUT2D eigenvalue weighted by atomic mass is 15.6. The van der Waals surface area contributed by atoms with Crippen molar-refractivity contribution in [2.24, 2.45) is 10.3 Å². The van der Waals surface area contributed by atoms with E-state index in [-0.39, 0.29) is 0 Å². The summed E-state index contributed by atoms with van der Waals surface area (Å²) in [4.78, 5) is 14.6. The summed E-state index contributed by atoms with van der Waals surface area (Å²) < 4.78 is 0. The number of hydrogen-bond acceptors (Lipinski definition) is 6. The largest absolute Gasteiger partial charge is 0.399 e. The van der Waals surface area contributed by atoms with E-state index in [0.717, 1.165) is 47.8 Å². The van der Waals surface area contributed by atoms with Gasteiger partial charge in [-0.2, -0.15) is 5.11 Å². The Morgan fingerprint density at radius 1 is 1.08 bits per heavy atom. The molecule has 2 heterocycles. The Morgan fingerprint density at radius 3 is 2.76 bits per heavy atom. The van der Waals surface area contributed by atoms with Gasteiger partial charge in [-0.3, -0.25) is 0 Å². The molecule has 0 bridgehead atoms. The molecule has 9 nitrogen and oxygen atoms in total. The van der Waals surface area contributed by atoms with Crippen molar-refractivity contribution in [1.82, 2.24) is 30.9 Å². The number of nitrogens with zero attached hydrogens (tertiary/aromatic N) is 4. The molecule has 3 aromatic rings. The maximum Gasteiger partial charge on any atom is 0.137 e. The third-order valence-electron chi connectivity index (χ3n) is 3.57. The second-order valence-electron chi connectivity index (χ2n) is 5.46. The summed E-state index contributed by atoms with van der Waals surface area (Å²) in [6.07, 6.45) is 6.85. The van der Waals surface area contributed by atoms with Crippen molar-refractivity contribution in [3.8, 4) is 11.4 Å². The van der Waals surface area contributed by atoms with E-state index in [4.69, 9.17) is 5.73 Å². The maximum atomic E-state index is 5.69. The number of anilines is 1. The van der Waals surface area contributed by atoms with Gasteiger partial charge in [-0.25, -0.2) is 20.9 Å². The summed E-state index contributed by atoms with van der Waals surface area (Å²) in [7, 11) is 0. The second kappa shape index (κ2) is 8.60. The number of hydrazine groups is 1. The molecule has 0 spiro atoms. The molecule has 0 atom stereocenters. The van der Waals surface area contributed by atoms with E-state index >= 15 is 0 Å². The molecule has 0 unspecified atom stereocenters.